The van der Waals surface area contributed by atoms with Crippen LogP contribution in [0.4, 0.5) is 0 Å². The van der Waals surface area contributed by atoms with E-state index in [9.17, 15) is 5.11 Å². The Labute approximate surface area is 89.6 Å². The Balaban J connectivity index is 2.92. The lowest BCUT2D eigenvalue weighted by atomic mass is 10.1. The molecule has 0 radical (unpaired) electrons. The van der Waals surface area contributed by atoms with Gasteiger partial charge in [-0.15, -0.1) is 0 Å². The fraction of sp³-hybridized carbons (Fsp3) is 0.455. The molecule has 1 unspecified atom stereocenters. The van der Waals surface area contributed by atoms with Crippen LogP contribution in [0.1, 0.15) is 18.1 Å². The molecule has 0 aliphatic carbocycles. The second-order valence-corrected chi connectivity index (χ2v) is 3.21. The predicted octanol–water partition coefficient (Wildman–Crippen LogP) is 1.09. The van der Waals surface area contributed by atoms with Gasteiger partial charge in [-0.2, -0.15) is 0 Å². The van der Waals surface area contributed by atoms with E-state index in [0.29, 0.717) is 24.5 Å². The first kappa shape index (κ1) is 11.8. The van der Waals surface area contributed by atoms with E-state index in [2.05, 4.69) is 0 Å². The first-order valence-electron chi connectivity index (χ1n) is 4.83. The standard InChI is InChI=1S/C11H17NO3/c1-14-10-4-3-8(7-11(10)15-2)9(13)5-6-12/h3-4,7,9,13H,5-6,12H2,1-2H3. The summed E-state index contributed by atoms with van der Waals surface area (Å²) in [6.07, 6.45) is -0.00929. The summed E-state index contributed by atoms with van der Waals surface area (Å²) in [5.41, 5.74) is 6.17. The summed E-state index contributed by atoms with van der Waals surface area (Å²) in [5.74, 6) is 1.27. The number of methoxy groups -OCH3 is 2. The van der Waals surface area contributed by atoms with Gasteiger partial charge in [-0.25, -0.2) is 0 Å². The van der Waals surface area contributed by atoms with Crippen molar-refractivity contribution in [2.75, 3.05) is 20.8 Å². The molecular formula is C11H17NO3. The average molecular weight is 211 g/mol. The molecule has 84 valence electrons. The van der Waals surface area contributed by atoms with Gasteiger partial charge < -0.3 is 20.3 Å². The van der Waals surface area contributed by atoms with Crippen LogP contribution in [0.5, 0.6) is 11.5 Å². The summed E-state index contributed by atoms with van der Waals surface area (Å²) in [5, 5.41) is 9.73. The van der Waals surface area contributed by atoms with Gasteiger partial charge in [0.05, 0.1) is 20.3 Å². The molecule has 1 rings (SSSR count). The Bertz CT molecular complexity index is 315. The van der Waals surface area contributed by atoms with Crippen LogP contribution in [0.25, 0.3) is 0 Å². The van der Waals surface area contributed by atoms with E-state index in [1.807, 2.05) is 6.07 Å². The molecule has 0 aliphatic heterocycles. The number of rotatable bonds is 5. The van der Waals surface area contributed by atoms with Crippen LogP contribution in [0.3, 0.4) is 0 Å². The highest BCUT2D eigenvalue weighted by Gasteiger charge is 2.10. The summed E-state index contributed by atoms with van der Waals surface area (Å²) in [6.45, 7) is 0.454. The van der Waals surface area contributed by atoms with Gasteiger partial charge >= 0.3 is 0 Å². The van der Waals surface area contributed by atoms with Crippen LogP contribution in [-0.2, 0) is 0 Å². The third-order valence-electron chi connectivity index (χ3n) is 2.23. The van der Waals surface area contributed by atoms with Crippen molar-refractivity contribution in [2.45, 2.75) is 12.5 Å². The molecule has 4 heteroatoms. The van der Waals surface area contributed by atoms with Crippen molar-refractivity contribution in [3.8, 4) is 11.5 Å². The van der Waals surface area contributed by atoms with Gasteiger partial charge in [-0.05, 0) is 30.7 Å². The Kier molecular flexibility index (Phi) is 4.39. The van der Waals surface area contributed by atoms with E-state index >= 15 is 0 Å². The molecule has 4 nitrogen and oxygen atoms in total. The molecule has 1 aromatic rings. The number of ether oxygens (including phenoxy) is 2. The number of benzene rings is 1. The SMILES string of the molecule is COc1ccc(C(O)CCN)cc1OC. The normalized spacial score (nSPS) is 12.3. The highest BCUT2D eigenvalue weighted by atomic mass is 16.5. The van der Waals surface area contributed by atoms with E-state index in [1.54, 1.807) is 26.4 Å². The molecule has 0 aromatic heterocycles. The fourth-order valence-electron chi connectivity index (χ4n) is 1.38. The van der Waals surface area contributed by atoms with Crippen LogP contribution in [0, 0.1) is 0 Å². The second kappa shape index (κ2) is 5.58. The summed E-state index contributed by atoms with van der Waals surface area (Å²) in [6, 6.07) is 5.34. The maximum Gasteiger partial charge on any atom is 0.161 e. The first-order valence-corrected chi connectivity index (χ1v) is 4.83. The number of aliphatic hydroxyl groups excluding tert-OH is 1. The van der Waals surface area contributed by atoms with Gasteiger partial charge in [-0.1, -0.05) is 6.07 Å². The Morgan fingerprint density at radius 2 is 1.93 bits per heavy atom. The van der Waals surface area contributed by atoms with Crippen molar-refractivity contribution in [1.82, 2.24) is 0 Å². The summed E-state index contributed by atoms with van der Waals surface area (Å²) in [7, 11) is 3.14. The van der Waals surface area contributed by atoms with Gasteiger partial charge in [0.15, 0.2) is 11.5 Å². The zero-order valence-corrected chi connectivity index (χ0v) is 9.06. The Morgan fingerprint density at radius 1 is 1.27 bits per heavy atom. The van der Waals surface area contributed by atoms with Crippen molar-refractivity contribution in [1.29, 1.82) is 0 Å². The molecule has 0 heterocycles. The Hall–Kier alpha value is -1.26. The van der Waals surface area contributed by atoms with Crippen LogP contribution in [0.2, 0.25) is 0 Å². The third-order valence-corrected chi connectivity index (χ3v) is 2.23. The summed E-state index contributed by atoms with van der Waals surface area (Å²) >= 11 is 0. The maximum absolute atomic E-state index is 9.73. The Morgan fingerprint density at radius 3 is 2.47 bits per heavy atom. The molecule has 0 spiro atoms. The lowest BCUT2D eigenvalue weighted by molar-refractivity contribution is 0.170. The smallest absolute Gasteiger partial charge is 0.161 e. The van der Waals surface area contributed by atoms with Gasteiger partial charge in [0.25, 0.3) is 0 Å². The zero-order chi connectivity index (χ0) is 11.3. The maximum atomic E-state index is 9.73. The molecule has 3 N–H and O–H groups in total. The second-order valence-electron chi connectivity index (χ2n) is 3.21. The molecule has 0 fully saturated rings. The third kappa shape index (κ3) is 2.84. The van der Waals surface area contributed by atoms with Crippen molar-refractivity contribution < 1.29 is 14.6 Å². The number of hydrogen-bond donors (Lipinski definition) is 2. The number of hydrogen-bond acceptors (Lipinski definition) is 4. The van der Waals surface area contributed by atoms with E-state index in [0.717, 1.165) is 5.56 Å². The molecule has 0 saturated heterocycles. The van der Waals surface area contributed by atoms with Gasteiger partial charge in [-0.3, -0.25) is 0 Å². The summed E-state index contributed by atoms with van der Waals surface area (Å²) < 4.78 is 10.2. The van der Waals surface area contributed by atoms with Gasteiger partial charge in [0.1, 0.15) is 0 Å². The molecule has 15 heavy (non-hydrogen) atoms. The zero-order valence-electron chi connectivity index (χ0n) is 9.06. The van der Waals surface area contributed by atoms with Gasteiger partial charge in [0.2, 0.25) is 0 Å². The van der Waals surface area contributed by atoms with Gasteiger partial charge in [0, 0.05) is 0 Å². The predicted molar refractivity (Wildman–Crippen MR) is 58.2 cm³/mol. The number of aliphatic hydroxyl groups is 1. The van der Waals surface area contributed by atoms with E-state index in [1.165, 1.54) is 0 Å². The number of nitrogens with two attached hydrogens (primary N) is 1. The molecule has 0 bridgehead atoms. The molecular weight excluding hydrogens is 194 g/mol. The lowest BCUT2D eigenvalue weighted by Crippen LogP contribution is -2.06. The topological polar surface area (TPSA) is 64.7 Å². The van der Waals surface area contributed by atoms with Crippen LogP contribution < -0.4 is 15.2 Å². The highest BCUT2D eigenvalue weighted by molar-refractivity contribution is 5.43. The van der Waals surface area contributed by atoms with E-state index in [4.69, 9.17) is 15.2 Å². The minimum Gasteiger partial charge on any atom is -0.493 e. The van der Waals surface area contributed by atoms with E-state index < -0.39 is 6.10 Å². The van der Waals surface area contributed by atoms with Crippen LogP contribution >= 0.6 is 0 Å². The average Bonchev–Trinajstić information content (AvgIpc) is 2.28. The minimum atomic E-state index is -0.546. The monoisotopic (exact) mass is 211 g/mol. The molecule has 0 aliphatic rings. The molecule has 1 atom stereocenters. The van der Waals surface area contributed by atoms with Crippen LogP contribution in [0.15, 0.2) is 18.2 Å². The minimum absolute atomic E-state index is 0.454. The summed E-state index contributed by atoms with van der Waals surface area (Å²) in [4.78, 5) is 0. The highest BCUT2D eigenvalue weighted by Crippen LogP contribution is 2.30. The quantitative estimate of drug-likeness (QED) is 0.765. The van der Waals surface area contributed by atoms with Crippen molar-refractivity contribution in [2.24, 2.45) is 5.73 Å². The van der Waals surface area contributed by atoms with E-state index in [-0.39, 0.29) is 0 Å². The van der Waals surface area contributed by atoms with Crippen molar-refractivity contribution >= 4 is 0 Å². The van der Waals surface area contributed by atoms with Crippen molar-refractivity contribution in [3.63, 3.8) is 0 Å². The molecule has 1 aromatic carbocycles. The largest absolute Gasteiger partial charge is 0.493 e. The molecule has 0 saturated carbocycles. The lowest BCUT2D eigenvalue weighted by Gasteiger charge is -2.13. The van der Waals surface area contributed by atoms with Crippen molar-refractivity contribution in [3.05, 3.63) is 23.8 Å². The fourth-order valence-corrected chi connectivity index (χ4v) is 1.38. The molecule has 0 amide bonds. The van der Waals surface area contributed by atoms with Crippen LogP contribution in [-0.4, -0.2) is 25.9 Å². The first-order chi connectivity index (χ1) is 7.22.